The minimum Gasteiger partial charge on any atom is -0.438 e. The second-order valence-electron chi connectivity index (χ2n) is 4.33. The van der Waals surface area contributed by atoms with E-state index in [1.807, 2.05) is 0 Å². The van der Waals surface area contributed by atoms with Crippen LogP contribution in [0.2, 0.25) is 0 Å². The highest BCUT2D eigenvalue weighted by molar-refractivity contribution is 5.92. The van der Waals surface area contributed by atoms with Crippen molar-refractivity contribution >= 4 is 5.91 Å². The molecule has 6 nitrogen and oxygen atoms in total. The summed E-state index contributed by atoms with van der Waals surface area (Å²) < 4.78 is 42.7. The average Bonchev–Trinajstić information content (AvgIpc) is 3.05. The van der Waals surface area contributed by atoms with Gasteiger partial charge in [0.15, 0.2) is 12.1 Å². The number of nitrogens with zero attached hydrogens (tertiary/aromatic N) is 3. The summed E-state index contributed by atoms with van der Waals surface area (Å²) >= 11 is 0. The number of alkyl halides is 3. The van der Waals surface area contributed by atoms with Crippen molar-refractivity contribution < 1.29 is 22.4 Å². The minimum absolute atomic E-state index is 0.173. The zero-order valence-corrected chi connectivity index (χ0v) is 10.1. The van der Waals surface area contributed by atoms with Crippen LogP contribution < -0.4 is 0 Å². The summed E-state index contributed by atoms with van der Waals surface area (Å²) in [6, 6.07) is 0. The highest BCUT2D eigenvalue weighted by Gasteiger charge is 2.41. The van der Waals surface area contributed by atoms with Crippen LogP contribution in [-0.4, -0.2) is 32.3 Å². The Morgan fingerprint density at radius 3 is 2.95 bits per heavy atom. The maximum absolute atomic E-state index is 12.7. The fourth-order valence-corrected chi connectivity index (χ4v) is 2.13. The molecule has 106 valence electrons. The van der Waals surface area contributed by atoms with Crippen molar-refractivity contribution in [1.29, 1.82) is 0 Å². The number of imidazole rings is 1. The van der Waals surface area contributed by atoms with E-state index in [0.717, 1.165) is 11.4 Å². The lowest BCUT2D eigenvalue weighted by Crippen LogP contribution is -2.36. The highest BCUT2D eigenvalue weighted by atomic mass is 19.4. The van der Waals surface area contributed by atoms with E-state index in [4.69, 9.17) is 0 Å². The van der Waals surface area contributed by atoms with Crippen molar-refractivity contribution in [2.24, 2.45) is 0 Å². The van der Waals surface area contributed by atoms with Crippen LogP contribution in [0, 0.1) is 0 Å². The van der Waals surface area contributed by atoms with Gasteiger partial charge in [0.1, 0.15) is 0 Å². The number of nitrogens with one attached hydrogen (secondary N) is 1. The molecule has 0 unspecified atom stereocenters. The molecule has 0 aliphatic carbocycles. The van der Waals surface area contributed by atoms with Gasteiger partial charge in [-0.15, -0.1) is 0 Å². The third-order valence-electron chi connectivity index (χ3n) is 3.09. The molecule has 0 saturated carbocycles. The quantitative estimate of drug-likeness (QED) is 0.864. The Hall–Kier alpha value is -2.32. The van der Waals surface area contributed by atoms with Gasteiger partial charge in [-0.05, 0) is 0 Å². The standard InChI is InChI=1S/C11H9F3N4O2/c12-11(13,14)9-8(20-5-17-9)10(19)18-2-1-6-7(3-18)16-4-15-6/h4-5H,1-3H2,(H,15,16). The second-order valence-corrected chi connectivity index (χ2v) is 4.33. The first-order valence-corrected chi connectivity index (χ1v) is 5.78. The molecule has 1 amide bonds. The average molecular weight is 286 g/mol. The molecule has 3 rings (SSSR count). The van der Waals surface area contributed by atoms with Crippen LogP contribution in [0.4, 0.5) is 13.2 Å². The molecule has 0 radical (unpaired) electrons. The van der Waals surface area contributed by atoms with Gasteiger partial charge in [0, 0.05) is 13.0 Å². The summed E-state index contributed by atoms with van der Waals surface area (Å²) in [5, 5.41) is 0. The van der Waals surface area contributed by atoms with Gasteiger partial charge in [-0.1, -0.05) is 0 Å². The number of carbonyl (C=O) groups is 1. The van der Waals surface area contributed by atoms with E-state index in [2.05, 4.69) is 19.4 Å². The molecule has 0 saturated heterocycles. The Bertz CT molecular complexity index is 646. The van der Waals surface area contributed by atoms with E-state index in [1.54, 1.807) is 0 Å². The van der Waals surface area contributed by atoms with E-state index in [1.165, 1.54) is 11.2 Å². The zero-order chi connectivity index (χ0) is 14.3. The fourth-order valence-electron chi connectivity index (χ4n) is 2.13. The lowest BCUT2D eigenvalue weighted by atomic mass is 10.1. The van der Waals surface area contributed by atoms with Crippen molar-refractivity contribution in [1.82, 2.24) is 19.9 Å². The summed E-state index contributed by atoms with van der Waals surface area (Å²) in [5.41, 5.74) is 0.248. The van der Waals surface area contributed by atoms with Crippen LogP contribution in [-0.2, 0) is 19.1 Å². The van der Waals surface area contributed by atoms with E-state index >= 15 is 0 Å². The number of rotatable bonds is 1. The molecule has 2 aromatic rings. The summed E-state index contributed by atoms with van der Waals surface area (Å²) in [4.78, 5) is 23.4. The molecule has 0 aromatic carbocycles. The number of halogens is 3. The predicted molar refractivity (Wildman–Crippen MR) is 58.5 cm³/mol. The molecule has 9 heteroatoms. The minimum atomic E-state index is -4.72. The predicted octanol–water partition coefficient (Wildman–Crippen LogP) is 1.61. The van der Waals surface area contributed by atoms with E-state index in [0.29, 0.717) is 12.8 Å². The number of H-pyrrole nitrogens is 1. The Morgan fingerprint density at radius 2 is 2.20 bits per heavy atom. The van der Waals surface area contributed by atoms with Crippen molar-refractivity contribution in [3.8, 4) is 0 Å². The van der Waals surface area contributed by atoms with Crippen molar-refractivity contribution in [3.05, 3.63) is 35.6 Å². The van der Waals surface area contributed by atoms with Crippen molar-refractivity contribution in [2.45, 2.75) is 19.1 Å². The highest BCUT2D eigenvalue weighted by Crippen LogP contribution is 2.31. The molecular weight excluding hydrogens is 277 g/mol. The second kappa shape index (κ2) is 4.36. The molecule has 3 heterocycles. The van der Waals surface area contributed by atoms with Crippen LogP contribution in [0.1, 0.15) is 27.6 Å². The first-order valence-electron chi connectivity index (χ1n) is 5.78. The first-order chi connectivity index (χ1) is 9.47. The number of hydrogen-bond acceptors (Lipinski definition) is 4. The number of aromatic nitrogens is 3. The number of aromatic amines is 1. The van der Waals surface area contributed by atoms with E-state index < -0.39 is 23.5 Å². The van der Waals surface area contributed by atoms with Crippen LogP contribution in [0.25, 0.3) is 0 Å². The first kappa shape index (κ1) is 12.7. The van der Waals surface area contributed by atoms with E-state index in [9.17, 15) is 18.0 Å². The topological polar surface area (TPSA) is 75.0 Å². The molecule has 1 N–H and O–H groups in total. The number of fused-ring (bicyclic) bond motifs is 1. The molecule has 0 spiro atoms. The van der Waals surface area contributed by atoms with Gasteiger partial charge >= 0.3 is 6.18 Å². The molecule has 20 heavy (non-hydrogen) atoms. The Labute approximate surface area is 110 Å². The fraction of sp³-hybridized carbons (Fsp3) is 0.364. The van der Waals surface area contributed by atoms with Crippen molar-refractivity contribution in [3.63, 3.8) is 0 Å². The molecular formula is C11H9F3N4O2. The van der Waals surface area contributed by atoms with E-state index in [-0.39, 0.29) is 13.1 Å². The SMILES string of the molecule is O=C(c1ocnc1C(F)(F)F)N1CCc2nc[nH]c2C1. The van der Waals surface area contributed by atoms with Crippen LogP contribution in [0.3, 0.4) is 0 Å². The summed E-state index contributed by atoms with van der Waals surface area (Å²) in [6.45, 7) is 0.459. The summed E-state index contributed by atoms with van der Waals surface area (Å²) in [7, 11) is 0. The van der Waals surface area contributed by atoms with Gasteiger partial charge in [0.05, 0.1) is 24.3 Å². The number of oxazole rings is 1. The smallest absolute Gasteiger partial charge is 0.437 e. The summed E-state index contributed by atoms with van der Waals surface area (Å²) in [6.07, 6.45) is -2.11. The summed E-state index contributed by atoms with van der Waals surface area (Å²) in [5.74, 6) is -1.60. The molecule has 1 aliphatic rings. The molecule has 0 bridgehead atoms. The number of amides is 1. The van der Waals surface area contributed by atoms with Gasteiger partial charge in [-0.25, -0.2) is 9.97 Å². The third-order valence-corrected chi connectivity index (χ3v) is 3.09. The molecule has 0 fully saturated rings. The van der Waals surface area contributed by atoms with Gasteiger partial charge < -0.3 is 14.3 Å². The van der Waals surface area contributed by atoms with Gasteiger partial charge in [-0.3, -0.25) is 4.79 Å². The normalized spacial score (nSPS) is 15.2. The Morgan fingerprint density at radius 1 is 1.40 bits per heavy atom. The maximum Gasteiger partial charge on any atom is 0.437 e. The lowest BCUT2D eigenvalue weighted by Gasteiger charge is -2.25. The van der Waals surface area contributed by atoms with Gasteiger partial charge in [0.25, 0.3) is 5.91 Å². The molecule has 1 aliphatic heterocycles. The van der Waals surface area contributed by atoms with Crippen LogP contribution in [0.5, 0.6) is 0 Å². The van der Waals surface area contributed by atoms with Crippen LogP contribution >= 0.6 is 0 Å². The number of carbonyl (C=O) groups excluding carboxylic acids is 1. The molecule has 2 aromatic heterocycles. The van der Waals surface area contributed by atoms with Gasteiger partial charge in [0.2, 0.25) is 5.76 Å². The lowest BCUT2D eigenvalue weighted by molar-refractivity contribution is -0.141. The maximum atomic E-state index is 12.7. The van der Waals surface area contributed by atoms with Gasteiger partial charge in [-0.2, -0.15) is 13.2 Å². The Kier molecular flexibility index (Phi) is 2.77. The monoisotopic (exact) mass is 286 g/mol. The van der Waals surface area contributed by atoms with Crippen molar-refractivity contribution in [2.75, 3.05) is 6.54 Å². The molecule has 0 atom stereocenters. The largest absolute Gasteiger partial charge is 0.438 e. The third kappa shape index (κ3) is 2.04. The number of hydrogen-bond donors (Lipinski definition) is 1. The zero-order valence-electron chi connectivity index (χ0n) is 10.1. The van der Waals surface area contributed by atoms with Crippen LogP contribution in [0.15, 0.2) is 17.1 Å². The Balaban J connectivity index is 1.86.